The fraction of sp³-hybridized carbons (Fsp3) is 0.609. The molecule has 7 nitrogen and oxygen atoms in total. The van der Waals surface area contributed by atoms with Crippen LogP contribution in [0, 0.1) is 5.92 Å². The van der Waals surface area contributed by atoms with Gasteiger partial charge in [0.1, 0.15) is 12.1 Å². The third-order valence-corrected chi connectivity index (χ3v) is 6.01. The first-order valence-electron chi connectivity index (χ1n) is 13.0. The number of amides is 1. The molecule has 2 fully saturated rings. The molecule has 5 atom stereocenters. The van der Waals surface area contributed by atoms with Crippen LogP contribution in [0.5, 0.6) is 0 Å². The molecule has 0 bridgehead atoms. The van der Waals surface area contributed by atoms with Gasteiger partial charge in [-0.1, -0.05) is 36.6 Å². The fourth-order valence-corrected chi connectivity index (χ4v) is 4.63. The second kappa shape index (κ2) is 10.1. The Morgan fingerprint density at radius 3 is 2.70 bits per heavy atom. The van der Waals surface area contributed by atoms with Gasteiger partial charge in [0.05, 0.1) is 19.5 Å². The van der Waals surface area contributed by atoms with E-state index in [1.54, 1.807) is 13.8 Å². The van der Waals surface area contributed by atoms with Gasteiger partial charge in [0.25, 0.3) is 0 Å². The number of benzene rings is 1. The van der Waals surface area contributed by atoms with Crippen molar-refractivity contribution in [1.29, 1.82) is 0 Å². The van der Waals surface area contributed by atoms with Crippen LogP contribution in [0.25, 0.3) is 0 Å². The Labute approximate surface area is 184 Å². The van der Waals surface area contributed by atoms with Crippen LogP contribution >= 0.6 is 0 Å². The first kappa shape index (κ1) is 16.3. The minimum Gasteiger partial charge on any atom is -0.480 e. The summed E-state index contributed by atoms with van der Waals surface area (Å²) in [7, 11) is 0. The highest BCUT2D eigenvalue weighted by molar-refractivity contribution is 5.88. The van der Waals surface area contributed by atoms with Crippen LogP contribution in [-0.2, 0) is 25.5 Å². The van der Waals surface area contributed by atoms with Gasteiger partial charge in [-0.05, 0) is 57.4 Å². The van der Waals surface area contributed by atoms with Gasteiger partial charge >= 0.3 is 11.9 Å². The number of ether oxygens (including phenoxy) is 1. The number of carbonyl (C=O) groups is 3. The van der Waals surface area contributed by atoms with E-state index in [1.807, 2.05) is 0 Å². The summed E-state index contributed by atoms with van der Waals surface area (Å²) >= 11 is 0. The van der Waals surface area contributed by atoms with Gasteiger partial charge in [-0.15, -0.1) is 0 Å². The molecule has 0 radical (unpaired) electrons. The van der Waals surface area contributed by atoms with Crippen LogP contribution in [-0.4, -0.2) is 58.6 Å². The molecule has 2 N–H and O–H groups in total. The average molecular weight is 422 g/mol. The molecule has 2 aliphatic rings. The van der Waals surface area contributed by atoms with Gasteiger partial charge < -0.3 is 14.7 Å². The van der Waals surface area contributed by atoms with Crippen LogP contribution in [0.3, 0.4) is 0 Å². The maximum Gasteiger partial charge on any atom is 0.326 e. The minimum atomic E-state index is -1.04. The largest absolute Gasteiger partial charge is 0.480 e. The van der Waals surface area contributed by atoms with Crippen LogP contribution in [0.1, 0.15) is 58.4 Å². The van der Waals surface area contributed by atoms with Crippen LogP contribution < -0.4 is 5.32 Å². The lowest BCUT2D eigenvalue weighted by atomic mass is 10.0. The highest BCUT2D eigenvalue weighted by Gasteiger charge is 2.49. The lowest BCUT2D eigenvalue weighted by Gasteiger charge is -2.31. The zero-order chi connectivity index (χ0) is 26.0. The quantitative estimate of drug-likeness (QED) is 0.595. The van der Waals surface area contributed by atoms with E-state index < -0.39 is 54.1 Å². The van der Waals surface area contributed by atoms with Crippen molar-refractivity contribution >= 4 is 17.8 Å². The van der Waals surface area contributed by atoms with Crippen molar-refractivity contribution in [3.8, 4) is 0 Å². The number of fused-ring (bicyclic) bond motifs is 1. The Balaban J connectivity index is 1.78. The summed E-state index contributed by atoms with van der Waals surface area (Å²) in [6.07, 6.45) is 3.03. The molecule has 1 aromatic carbocycles. The van der Waals surface area contributed by atoms with Crippen molar-refractivity contribution in [2.75, 3.05) is 6.61 Å². The SMILES string of the molecule is [2H]c1c([2H])c([2H])c(CC[C@H](N[C@@H](C)C(=O)N2[C@H](C(=O)O)C[C@@H]3CCC[C@@H]32)C(=O)OCC)c([2H])c1[2H]. The summed E-state index contributed by atoms with van der Waals surface area (Å²) in [6.45, 7) is 3.31. The zero-order valence-corrected chi connectivity index (χ0v) is 17.4. The van der Waals surface area contributed by atoms with E-state index in [0.29, 0.717) is 6.42 Å². The summed E-state index contributed by atoms with van der Waals surface area (Å²) < 4.78 is 44.7. The number of aliphatic carboxylic acids is 1. The number of carboxylic acid groups (broad SMARTS) is 1. The molecule has 1 aliphatic carbocycles. The van der Waals surface area contributed by atoms with Gasteiger partial charge in [0.15, 0.2) is 0 Å². The Bertz CT molecular complexity index is 978. The highest BCUT2D eigenvalue weighted by Crippen LogP contribution is 2.41. The molecule has 1 amide bonds. The molecule has 0 unspecified atom stereocenters. The van der Waals surface area contributed by atoms with Gasteiger partial charge in [0, 0.05) is 6.04 Å². The Kier molecular flexibility index (Phi) is 5.47. The number of carboxylic acids is 1. The monoisotopic (exact) mass is 421 g/mol. The van der Waals surface area contributed by atoms with Gasteiger partial charge in [-0.25, -0.2) is 4.79 Å². The zero-order valence-electron chi connectivity index (χ0n) is 22.4. The molecule has 1 aromatic rings. The number of nitrogens with zero attached hydrogens (tertiary/aromatic N) is 1. The number of rotatable bonds is 9. The summed E-state index contributed by atoms with van der Waals surface area (Å²) in [5, 5.41) is 12.6. The number of hydrogen-bond donors (Lipinski definition) is 2. The van der Waals surface area contributed by atoms with E-state index in [-0.39, 0.29) is 49.1 Å². The first-order valence-corrected chi connectivity index (χ1v) is 10.5. The van der Waals surface area contributed by atoms with Crippen LogP contribution in [0.15, 0.2) is 30.2 Å². The van der Waals surface area contributed by atoms with E-state index in [9.17, 15) is 19.5 Å². The van der Waals surface area contributed by atoms with E-state index >= 15 is 0 Å². The highest BCUT2D eigenvalue weighted by atomic mass is 16.5. The predicted octanol–water partition coefficient (Wildman–Crippen LogP) is 2.38. The van der Waals surface area contributed by atoms with E-state index in [1.165, 1.54) is 4.90 Å². The molecule has 3 rings (SSSR count). The molecule has 1 aliphatic heterocycles. The maximum absolute atomic E-state index is 13.3. The molecule has 1 saturated carbocycles. The van der Waals surface area contributed by atoms with Crippen molar-refractivity contribution in [2.45, 2.75) is 76.5 Å². The molecule has 7 heteroatoms. The van der Waals surface area contributed by atoms with Crippen molar-refractivity contribution in [1.82, 2.24) is 10.2 Å². The topological polar surface area (TPSA) is 95.9 Å². The van der Waals surface area contributed by atoms with Crippen LogP contribution in [0.2, 0.25) is 0 Å². The van der Waals surface area contributed by atoms with E-state index in [4.69, 9.17) is 11.6 Å². The second-order valence-corrected chi connectivity index (χ2v) is 7.93. The summed E-state index contributed by atoms with van der Waals surface area (Å²) in [4.78, 5) is 39.3. The molecule has 0 spiro atoms. The number of hydrogen-bond acceptors (Lipinski definition) is 5. The lowest BCUT2D eigenvalue weighted by Crippen LogP contribution is -2.55. The van der Waals surface area contributed by atoms with E-state index in [2.05, 4.69) is 5.32 Å². The Morgan fingerprint density at radius 1 is 1.30 bits per heavy atom. The smallest absolute Gasteiger partial charge is 0.326 e. The number of esters is 1. The Morgan fingerprint density at radius 2 is 2.03 bits per heavy atom. The van der Waals surface area contributed by atoms with Gasteiger partial charge in [-0.2, -0.15) is 0 Å². The fourth-order valence-electron chi connectivity index (χ4n) is 4.63. The van der Waals surface area contributed by atoms with Crippen molar-refractivity contribution in [3.05, 3.63) is 35.8 Å². The molecule has 30 heavy (non-hydrogen) atoms. The number of nitrogens with one attached hydrogen (secondary N) is 1. The molecule has 0 aromatic heterocycles. The van der Waals surface area contributed by atoms with Crippen molar-refractivity contribution in [3.63, 3.8) is 0 Å². The lowest BCUT2D eigenvalue weighted by molar-refractivity contribution is -0.151. The third kappa shape index (κ3) is 5.01. The standard InChI is InChI=1S/C23H32N2O5/c1-3-30-23(29)18(13-12-16-8-5-4-6-9-16)24-15(2)21(26)25-19-11-7-10-17(19)14-20(25)22(27)28/h4-6,8-9,15,17-20,24H,3,7,10-14H2,1-2H3,(H,27,28)/t15-,17-,18-,19-,20-/m0/s1/i4D,5D,6D,8D,9D. The average Bonchev–Trinajstić information content (AvgIpc) is 3.41. The van der Waals surface area contributed by atoms with Crippen molar-refractivity contribution in [2.24, 2.45) is 5.92 Å². The molecular weight excluding hydrogens is 384 g/mol. The maximum atomic E-state index is 13.3. The third-order valence-electron chi connectivity index (χ3n) is 6.01. The normalized spacial score (nSPS) is 27.2. The van der Waals surface area contributed by atoms with Crippen LogP contribution in [0.4, 0.5) is 0 Å². The summed E-state index contributed by atoms with van der Waals surface area (Å²) in [5.74, 6) is -1.90. The minimum absolute atomic E-state index is 0.0146. The predicted molar refractivity (Wildman–Crippen MR) is 112 cm³/mol. The molecular formula is C23H32N2O5. The second-order valence-electron chi connectivity index (χ2n) is 7.93. The van der Waals surface area contributed by atoms with Gasteiger partial charge in [0.2, 0.25) is 5.91 Å². The summed E-state index contributed by atoms with van der Waals surface area (Å²) in [5.41, 5.74) is 0.0744. The number of carbonyl (C=O) groups excluding carboxylic acids is 2. The van der Waals surface area contributed by atoms with Crippen molar-refractivity contribution < 1.29 is 31.1 Å². The molecule has 164 valence electrons. The van der Waals surface area contributed by atoms with Gasteiger partial charge in [-0.3, -0.25) is 14.9 Å². The number of likely N-dealkylation sites (tertiary alicyclic amines) is 1. The first-order chi connectivity index (χ1) is 16.5. The molecule has 1 heterocycles. The van der Waals surface area contributed by atoms with E-state index in [0.717, 1.165) is 19.3 Å². The molecule has 1 saturated heterocycles. The Hall–Kier alpha value is -2.41. The summed E-state index contributed by atoms with van der Waals surface area (Å²) in [6, 6.07) is -4.97.